The van der Waals surface area contributed by atoms with Crippen molar-refractivity contribution in [2.24, 2.45) is 4.99 Å². The van der Waals surface area contributed by atoms with Gasteiger partial charge in [0, 0.05) is 15.5 Å². The van der Waals surface area contributed by atoms with E-state index in [2.05, 4.69) is 10.3 Å². The van der Waals surface area contributed by atoms with Crippen LogP contribution in [-0.2, 0) is 19.4 Å². The zero-order chi connectivity index (χ0) is 22.8. The van der Waals surface area contributed by atoms with Crippen molar-refractivity contribution in [1.29, 1.82) is 0 Å². The highest BCUT2D eigenvalue weighted by molar-refractivity contribution is 7.16. The summed E-state index contributed by atoms with van der Waals surface area (Å²) in [5, 5.41) is 4.74. The van der Waals surface area contributed by atoms with E-state index in [0.29, 0.717) is 44.4 Å². The van der Waals surface area contributed by atoms with Gasteiger partial charge in [-0.25, -0.2) is 4.99 Å². The highest BCUT2D eigenvalue weighted by atomic mass is 35.5. The van der Waals surface area contributed by atoms with Gasteiger partial charge in [-0.15, -0.1) is 11.3 Å². The quantitative estimate of drug-likeness (QED) is 0.280. The van der Waals surface area contributed by atoms with Crippen LogP contribution in [0, 0.1) is 0 Å². The van der Waals surface area contributed by atoms with Crippen molar-refractivity contribution < 1.29 is 13.6 Å². The Bertz CT molecular complexity index is 1320. The molecule has 168 valence electrons. The molecule has 0 atom stereocenters. The van der Waals surface area contributed by atoms with E-state index >= 15 is 0 Å². The molecule has 0 spiro atoms. The van der Waals surface area contributed by atoms with Crippen LogP contribution in [0.4, 0.5) is 5.00 Å². The molecule has 3 heterocycles. The van der Waals surface area contributed by atoms with Crippen LogP contribution in [0.2, 0.25) is 10.0 Å². The van der Waals surface area contributed by atoms with Crippen molar-refractivity contribution in [3.63, 3.8) is 0 Å². The van der Waals surface area contributed by atoms with Crippen molar-refractivity contribution in [1.82, 2.24) is 5.32 Å². The van der Waals surface area contributed by atoms with E-state index in [1.165, 1.54) is 4.88 Å². The number of rotatable bonds is 6. The van der Waals surface area contributed by atoms with Gasteiger partial charge < -0.3 is 14.2 Å². The molecule has 8 heteroatoms. The predicted octanol–water partition coefficient (Wildman–Crippen LogP) is 7.47. The van der Waals surface area contributed by atoms with Crippen molar-refractivity contribution in [2.75, 3.05) is 0 Å². The number of aliphatic imine (C=N–C) groups is 1. The maximum Gasteiger partial charge on any atom is 0.255 e. The van der Waals surface area contributed by atoms with E-state index in [4.69, 9.17) is 32.0 Å². The van der Waals surface area contributed by atoms with E-state index in [-0.39, 0.29) is 5.91 Å². The van der Waals surface area contributed by atoms with Crippen molar-refractivity contribution in [3.05, 3.63) is 86.3 Å². The van der Waals surface area contributed by atoms with E-state index in [9.17, 15) is 4.79 Å². The smallest absolute Gasteiger partial charge is 0.255 e. The third-order valence-corrected chi connectivity index (χ3v) is 7.26. The predicted molar refractivity (Wildman–Crippen MR) is 132 cm³/mol. The van der Waals surface area contributed by atoms with Gasteiger partial charge in [-0.2, -0.15) is 0 Å². The molecule has 0 saturated heterocycles. The van der Waals surface area contributed by atoms with Crippen LogP contribution >= 0.6 is 34.5 Å². The van der Waals surface area contributed by atoms with Crippen LogP contribution in [0.5, 0.6) is 0 Å². The standard InChI is InChI=1S/C25H20Cl2N2O3S/c26-15-7-9-18(20(27)12-15)21-10-8-17(32-21)14-29-25-23(19-5-1-2-6-22(19)33-25)24(30)28-13-16-4-3-11-31-16/h3-4,7-12,14H,1-2,5-6,13H2,(H,28,30)/b29-14-. The summed E-state index contributed by atoms with van der Waals surface area (Å²) >= 11 is 13.9. The second-order valence-corrected chi connectivity index (χ2v) is 9.66. The van der Waals surface area contributed by atoms with E-state index < -0.39 is 0 Å². The molecule has 0 unspecified atom stereocenters. The second kappa shape index (κ2) is 9.59. The third kappa shape index (κ3) is 4.78. The molecule has 4 aromatic rings. The Kier molecular flexibility index (Phi) is 6.40. The van der Waals surface area contributed by atoms with Crippen LogP contribution in [0.15, 0.2) is 62.6 Å². The van der Waals surface area contributed by atoms with Gasteiger partial charge in [0.25, 0.3) is 5.91 Å². The SMILES string of the molecule is O=C(NCc1ccco1)c1c(/N=C\c2ccc(-c3ccc(Cl)cc3Cl)o2)sc2c1CCCC2. The number of thiophene rings is 1. The molecule has 1 N–H and O–H groups in total. The van der Waals surface area contributed by atoms with Gasteiger partial charge in [-0.05, 0) is 73.7 Å². The van der Waals surface area contributed by atoms with Gasteiger partial charge in [0.1, 0.15) is 22.3 Å². The van der Waals surface area contributed by atoms with E-state index in [1.807, 2.05) is 24.3 Å². The number of furan rings is 2. The van der Waals surface area contributed by atoms with Crippen molar-refractivity contribution in [3.8, 4) is 11.3 Å². The Labute approximate surface area is 205 Å². The Hall–Kier alpha value is -2.80. The number of aryl methyl sites for hydroxylation is 1. The molecule has 0 bridgehead atoms. The summed E-state index contributed by atoms with van der Waals surface area (Å²) in [6, 6.07) is 12.6. The number of halogens is 2. The zero-order valence-electron chi connectivity index (χ0n) is 17.6. The van der Waals surface area contributed by atoms with Gasteiger partial charge in [-0.1, -0.05) is 23.2 Å². The number of carbonyl (C=O) groups excluding carboxylic acids is 1. The van der Waals surface area contributed by atoms with E-state index in [1.54, 1.807) is 42.0 Å². The number of carbonyl (C=O) groups is 1. The minimum absolute atomic E-state index is 0.133. The summed E-state index contributed by atoms with van der Waals surface area (Å²) in [7, 11) is 0. The number of benzene rings is 1. The maximum absolute atomic E-state index is 13.1. The van der Waals surface area contributed by atoms with Crippen LogP contribution in [0.3, 0.4) is 0 Å². The summed E-state index contributed by atoms with van der Waals surface area (Å²) in [6.07, 6.45) is 7.33. The minimum Gasteiger partial charge on any atom is -0.467 e. The first-order valence-corrected chi connectivity index (χ1v) is 12.2. The van der Waals surface area contributed by atoms with Crippen LogP contribution in [-0.4, -0.2) is 12.1 Å². The zero-order valence-corrected chi connectivity index (χ0v) is 19.9. The number of nitrogens with zero attached hydrogens (tertiary/aromatic N) is 1. The van der Waals surface area contributed by atoms with Crippen molar-refractivity contribution in [2.45, 2.75) is 32.2 Å². The highest BCUT2D eigenvalue weighted by Crippen LogP contribution is 2.40. The number of fused-ring (bicyclic) bond motifs is 1. The van der Waals surface area contributed by atoms with Gasteiger partial charge in [0.05, 0.1) is 29.6 Å². The lowest BCUT2D eigenvalue weighted by Gasteiger charge is -2.12. The largest absolute Gasteiger partial charge is 0.467 e. The second-order valence-electron chi connectivity index (χ2n) is 7.74. The average molecular weight is 499 g/mol. The fourth-order valence-corrected chi connectivity index (χ4v) is 5.66. The highest BCUT2D eigenvalue weighted by Gasteiger charge is 2.25. The molecule has 1 aliphatic carbocycles. The molecule has 5 rings (SSSR count). The first kappa shape index (κ1) is 22.0. The number of hydrogen-bond acceptors (Lipinski definition) is 5. The van der Waals surface area contributed by atoms with Gasteiger partial charge in [0.2, 0.25) is 0 Å². The van der Waals surface area contributed by atoms with Gasteiger partial charge in [-0.3, -0.25) is 4.79 Å². The lowest BCUT2D eigenvalue weighted by atomic mass is 9.95. The molecule has 0 saturated carbocycles. The Morgan fingerprint density at radius 2 is 2.03 bits per heavy atom. The summed E-state index contributed by atoms with van der Waals surface area (Å²) in [5.41, 5.74) is 2.53. The molecule has 0 fully saturated rings. The van der Waals surface area contributed by atoms with Crippen molar-refractivity contribution >= 4 is 51.7 Å². The van der Waals surface area contributed by atoms with Crippen LogP contribution in [0.25, 0.3) is 11.3 Å². The minimum atomic E-state index is -0.133. The summed E-state index contributed by atoms with van der Waals surface area (Å²) in [6.45, 7) is 0.336. The Balaban J connectivity index is 1.40. The number of hydrogen-bond donors (Lipinski definition) is 1. The lowest BCUT2D eigenvalue weighted by molar-refractivity contribution is 0.0948. The first-order chi connectivity index (χ1) is 16.1. The molecule has 0 radical (unpaired) electrons. The summed E-state index contributed by atoms with van der Waals surface area (Å²) in [4.78, 5) is 19.0. The molecular formula is C25H20Cl2N2O3S. The molecule has 0 aliphatic heterocycles. The van der Waals surface area contributed by atoms with Gasteiger partial charge in [0.15, 0.2) is 0 Å². The van der Waals surface area contributed by atoms with E-state index in [0.717, 1.165) is 36.8 Å². The van der Waals surface area contributed by atoms with Gasteiger partial charge >= 0.3 is 0 Å². The molecule has 1 aliphatic rings. The summed E-state index contributed by atoms with van der Waals surface area (Å²) < 4.78 is 11.3. The average Bonchev–Trinajstić information content (AvgIpc) is 3.55. The monoisotopic (exact) mass is 498 g/mol. The fraction of sp³-hybridized carbons (Fsp3) is 0.200. The normalized spacial score (nSPS) is 13.4. The molecule has 3 aromatic heterocycles. The fourth-order valence-electron chi connectivity index (χ4n) is 3.92. The molecule has 5 nitrogen and oxygen atoms in total. The maximum atomic E-state index is 13.1. The van der Waals surface area contributed by atoms with Crippen LogP contribution < -0.4 is 5.32 Å². The molecule has 33 heavy (non-hydrogen) atoms. The Morgan fingerprint density at radius 1 is 1.15 bits per heavy atom. The topological polar surface area (TPSA) is 67.7 Å². The first-order valence-electron chi connectivity index (χ1n) is 10.6. The summed E-state index contributed by atoms with van der Waals surface area (Å²) in [5.74, 6) is 1.77. The van der Waals surface area contributed by atoms with Crippen LogP contribution in [0.1, 0.15) is 45.2 Å². The molecule has 1 aromatic carbocycles. The third-order valence-electron chi connectivity index (χ3n) is 5.52. The number of nitrogens with one attached hydrogen (secondary N) is 1. The lowest BCUT2D eigenvalue weighted by Crippen LogP contribution is -2.23. The molecule has 1 amide bonds. The molecular weight excluding hydrogens is 479 g/mol. The number of amides is 1. The Morgan fingerprint density at radius 3 is 2.85 bits per heavy atom.